The molecule has 0 aromatic carbocycles. The van der Waals surface area contributed by atoms with Crippen molar-refractivity contribution in [3.8, 4) is 0 Å². The van der Waals surface area contributed by atoms with Gasteiger partial charge in [-0.1, -0.05) is 43.6 Å². The molecule has 0 bridgehead atoms. The average molecular weight is 1310 g/mol. The second-order valence-electron chi connectivity index (χ2n) is 14.9. The van der Waals surface area contributed by atoms with Gasteiger partial charge in [-0.2, -0.15) is 0 Å². The molecule has 494 valence electrons. The highest BCUT2D eigenvalue weighted by Crippen LogP contribution is 2.61. The fourth-order valence-corrected chi connectivity index (χ4v) is 14.5. The van der Waals surface area contributed by atoms with Gasteiger partial charge in [0.2, 0.25) is 20.4 Å². The monoisotopic (exact) mass is 1310 g/mol. The molecular formula is C47H89O33P4+. The summed E-state index contributed by atoms with van der Waals surface area (Å²) in [7, 11) is -1.23. The Kier molecular flexibility index (Phi) is 62.1. The third-order valence-electron chi connectivity index (χ3n) is 10.7. The van der Waals surface area contributed by atoms with E-state index in [2.05, 4.69) is 61.4 Å². The van der Waals surface area contributed by atoms with Crippen LogP contribution in [0.2, 0.25) is 0 Å². The highest BCUT2D eigenvalue weighted by molar-refractivity contribution is 7.62. The van der Waals surface area contributed by atoms with Crippen LogP contribution in [0, 0.1) is 11.8 Å². The largest absolute Gasteiger partial charge is 0.514 e. The Balaban J connectivity index is -0.000000155. The first-order valence-electron chi connectivity index (χ1n) is 22.7. The van der Waals surface area contributed by atoms with Crippen LogP contribution >= 0.6 is 30.4 Å². The molecule has 0 aliphatic rings. The zero-order valence-electron chi connectivity index (χ0n) is 46.4. The van der Waals surface area contributed by atoms with Crippen LogP contribution < -0.4 is 0 Å². The molecule has 10 unspecified atom stereocenters. The number of hydrogen-bond donors (Lipinski definition) is 0. The molecule has 0 aliphatic heterocycles. The first-order valence-corrected chi connectivity index (χ1v) is 29.1. The van der Waals surface area contributed by atoms with E-state index in [0.717, 1.165) is 56.9 Å². The maximum absolute atomic E-state index is 13.7. The summed E-state index contributed by atoms with van der Waals surface area (Å²) >= 11 is 0. The molecule has 0 N–H and O–H groups in total. The molecule has 0 amide bonds. The lowest BCUT2D eigenvalue weighted by atomic mass is 10.1. The molecule has 0 aromatic heterocycles. The Morgan fingerprint density at radius 1 is 0.417 bits per heavy atom. The molecule has 0 radical (unpaired) electrons. The van der Waals surface area contributed by atoms with Crippen LogP contribution in [-0.4, -0.2) is 226 Å². The summed E-state index contributed by atoms with van der Waals surface area (Å²) in [6.45, 7) is 3.53. The van der Waals surface area contributed by atoms with Crippen molar-refractivity contribution in [1.82, 2.24) is 0 Å². The van der Waals surface area contributed by atoms with E-state index >= 15 is 0 Å². The van der Waals surface area contributed by atoms with Crippen molar-refractivity contribution in [3.05, 3.63) is 0 Å². The predicted molar refractivity (Wildman–Crippen MR) is 296 cm³/mol. The number of methoxy groups -OCH3 is 6. The van der Waals surface area contributed by atoms with Crippen LogP contribution in [0.25, 0.3) is 0 Å². The summed E-state index contributed by atoms with van der Waals surface area (Å²) in [5, 5.41) is 0. The van der Waals surface area contributed by atoms with Crippen molar-refractivity contribution < 1.29 is 155 Å². The van der Waals surface area contributed by atoms with Crippen LogP contribution in [0.5, 0.6) is 0 Å². The molecule has 10 atom stereocenters. The van der Waals surface area contributed by atoms with E-state index in [9.17, 15) is 75.8 Å². The molecule has 33 nitrogen and oxygen atoms in total. The summed E-state index contributed by atoms with van der Waals surface area (Å²) in [5.74, 6) is -8.14. The Bertz CT molecular complexity index is 2000. The fourth-order valence-electron chi connectivity index (χ4n) is 6.54. The third-order valence-corrected chi connectivity index (χ3v) is 21.1. The van der Waals surface area contributed by atoms with Gasteiger partial charge in [-0.3, -0.25) is 71.2 Å². The van der Waals surface area contributed by atoms with Crippen LogP contribution in [-0.2, 0) is 155 Å². The molecule has 0 saturated heterocycles. The molecule has 0 saturated carbocycles. The smallest absolute Gasteiger partial charge is 0.469 e. The minimum absolute atomic E-state index is 0. The minimum atomic E-state index is -4.36. The summed E-state index contributed by atoms with van der Waals surface area (Å²) < 4.78 is 129. The summed E-state index contributed by atoms with van der Waals surface area (Å²) in [6, 6.07) is 0. The maximum Gasteiger partial charge on any atom is 0.514 e. The lowest BCUT2D eigenvalue weighted by Crippen LogP contribution is -2.43. The number of esters is 6. The molecule has 37 heteroatoms. The van der Waals surface area contributed by atoms with Gasteiger partial charge in [0.1, 0.15) is 36.8 Å². The van der Waals surface area contributed by atoms with Crippen molar-refractivity contribution in [3.63, 3.8) is 0 Å². The lowest BCUT2D eigenvalue weighted by Gasteiger charge is -2.33. The molecule has 0 aliphatic carbocycles. The van der Waals surface area contributed by atoms with E-state index in [4.69, 9.17) is 18.1 Å². The molecular weight excluding hydrogens is 1220 g/mol. The summed E-state index contributed by atoms with van der Waals surface area (Å²) in [5.41, 5.74) is -6.92. The van der Waals surface area contributed by atoms with Crippen LogP contribution in [0.4, 0.5) is 0 Å². The lowest BCUT2D eigenvalue weighted by molar-refractivity contribution is -0.152. The topological polar surface area (TPSA) is 430 Å². The quantitative estimate of drug-likeness (QED) is 0.0270. The second kappa shape index (κ2) is 55.1. The molecule has 0 heterocycles. The molecule has 0 rings (SSSR count). The van der Waals surface area contributed by atoms with Gasteiger partial charge >= 0.3 is 51.4 Å². The van der Waals surface area contributed by atoms with Crippen molar-refractivity contribution in [2.75, 3.05) is 118 Å². The van der Waals surface area contributed by atoms with Gasteiger partial charge in [0.15, 0.2) is 0 Å². The molecule has 0 aromatic rings. The van der Waals surface area contributed by atoms with Gasteiger partial charge in [0, 0.05) is 34.9 Å². The van der Waals surface area contributed by atoms with Crippen molar-refractivity contribution >= 4 is 105 Å². The Morgan fingerprint density at radius 2 is 0.750 bits per heavy atom. The maximum atomic E-state index is 13.7. The van der Waals surface area contributed by atoms with Crippen molar-refractivity contribution in [1.29, 1.82) is 0 Å². The Labute approximate surface area is 491 Å². The number of carbonyl (C=O) groups is 12. The first-order chi connectivity index (χ1) is 37.9. The van der Waals surface area contributed by atoms with E-state index in [0.29, 0.717) is 12.9 Å². The van der Waals surface area contributed by atoms with Gasteiger partial charge in [0.25, 0.3) is 38.8 Å². The first kappa shape index (κ1) is 94.6. The molecule has 0 spiro atoms. The van der Waals surface area contributed by atoms with E-state index < -0.39 is 118 Å². The number of rotatable bonds is 41. The number of ether oxygens (including phenoxy) is 12. The predicted octanol–water partition coefficient (Wildman–Crippen LogP) is 4.33. The molecule has 84 heavy (non-hydrogen) atoms. The Hall–Kier alpha value is -5.77. The zero-order chi connectivity index (χ0) is 62.5. The van der Waals surface area contributed by atoms with Crippen LogP contribution in [0.15, 0.2) is 0 Å². The summed E-state index contributed by atoms with van der Waals surface area (Å²) in [4.78, 5) is 132. The number of hydrogen-bond acceptors (Lipinski definition) is 33. The third kappa shape index (κ3) is 33.6. The summed E-state index contributed by atoms with van der Waals surface area (Å²) in [6.07, 6.45) is -0.0199. The van der Waals surface area contributed by atoms with Crippen molar-refractivity contribution in [2.24, 2.45) is 11.8 Å². The fraction of sp³-hybridized carbons (Fsp3) is 0.745. The molecule has 0 fully saturated rings. The number of carbonyl (C=O) groups excluding carboxylic acids is 12. The zero-order valence-corrected chi connectivity index (χ0v) is 50.0. The average Bonchev–Trinajstić information content (AvgIpc) is 3.60. The van der Waals surface area contributed by atoms with Gasteiger partial charge in [0.05, 0.1) is 99.2 Å². The highest BCUT2D eigenvalue weighted by atomic mass is 31.2. The Morgan fingerprint density at radius 3 is 1.06 bits per heavy atom. The second-order valence-corrected chi connectivity index (χ2v) is 24.9. The van der Waals surface area contributed by atoms with Gasteiger partial charge in [-0.25, -0.2) is 0 Å². The highest BCUT2D eigenvalue weighted by Gasteiger charge is 2.57. The van der Waals surface area contributed by atoms with Gasteiger partial charge < -0.3 is 74.9 Å². The normalized spacial score (nSPS) is 14.4. The standard InChI is InChI=1S/C15H25O10P.C13H21O10P.C8H15O7P.C7H12O6P.4CH4/c1-8(12(16)21-3)10(14(18)23-5)26(20,25-7)11(15(19)24-6)9(2)13(17)22-4;1-19-12(16)6-11(13(17)20-2)24(18,21-3)10(7-23-9-15)4-5-22-8-14;1-12-16(11,13-2)8(5-15-7-10)3-4-14-6-9;1-11-14(10)7(4-13-6-9)2-3-12-5-8;;;;/h8-11H,1-7H3;8-11H,4-7H2,1-3H3;6-8H,3-5H2,1-2H3;5-7H,2-4H2,1H3;4*1H4/q;;;+1;;;;. The van der Waals surface area contributed by atoms with E-state index in [1.807, 2.05) is 0 Å². The minimum Gasteiger partial charge on any atom is -0.469 e. The SMILES string of the molecule is C.C.C.C.COC(=O)C(C)C(C(=O)OC)P(=O)(OC)C(C(=O)OC)C(C)C(=O)OC.COC(=O)CC(C(=O)OC)P(=O)(OC)C(CCOC=O)COC=O.COP(=O)(OC)C(CCOC=O)COC=O.CO[P+](=O)C(CCOC=O)COC=O. The van der Waals surface area contributed by atoms with E-state index in [1.165, 1.54) is 35.2 Å². The van der Waals surface area contributed by atoms with Crippen LogP contribution in [0.1, 0.15) is 69.2 Å². The van der Waals surface area contributed by atoms with E-state index in [-0.39, 0.29) is 115 Å². The van der Waals surface area contributed by atoms with E-state index in [1.54, 1.807) is 0 Å². The van der Waals surface area contributed by atoms with Crippen LogP contribution in [0.3, 0.4) is 0 Å². The van der Waals surface area contributed by atoms with Gasteiger partial charge in [-0.05, 0) is 17.4 Å². The van der Waals surface area contributed by atoms with Gasteiger partial charge in [-0.15, -0.1) is 4.52 Å². The van der Waals surface area contributed by atoms with Crippen molar-refractivity contribution in [2.45, 2.75) is 103 Å².